The first-order chi connectivity index (χ1) is 7.77. The van der Waals surface area contributed by atoms with Gasteiger partial charge in [-0.2, -0.15) is 5.26 Å². The highest BCUT2D eigenvalue weighted by Gasteiger charge is 1.99. The molecule has 0 saturated carbocycles. The average Bonchev–Trinajstić information content (AvgIpc) is 2.27. The van der Waals surface area contributed by atoms with Crippen molar-refractivity contribution in [1.82, 2.24) is 0 Å². The molecule has 0 bridgehead atoms. The molecule has 0 heterocycles. The van der Waals surface area contributed by atoms with Gasteiger partial charge in [0.2, 0.25) is 0 Å². The Morgan fingerprint density at radius 1 is 1.56 bits per heavy atom. The highest BCUT2D eigenvalue weighted by atomic mass is 19.1. The number of hydrogen-bond acceptors (Lipinski definition) is 2. The van der Waals surface area contributed by atoms with E-state index in [1.807, 2.05) is 6.07 Å². The zero-order valence-corrected chi connectivity index (χ0v) is 8.47. The third-order valence-corrected chi connectivity index (χ3v) is 1.90. The summed E-state index contributed by atoms with van der Waals surface area (Å²) in [6.45, 7) is 0.190. The summed E-state index contributed by atoms with van der Waals surface area (Å²) >= 11 is 0. The predicted molar refractivity (Wildman–Crippen MR) is 58.8 cm³/mol. The summed E-state index contributed by atoms with van der Waals surface area (Å²) in [6.07, 6.45) is 3.31. The highest BCUT2D eigenvalue weighted by Crippen LogP contribution is 2.12. The number of rotatable bonds is 4. The Hall–Kier alpha value is -2.31. The first-order valence-electron chi connectivity index (χ1n) is 4.60. The summed E-state index contributed by atoms with van der Waals surface area (Å²) in [4.78, 5) is 2.57. The molecule has 1 aromatic rings. The van der Waals surface area contributed by atoms with Crippen molar-refractivity contribution in [2.75, 3.05) is 6.54 Å². The first-order valence-corrected chi connectivity index (χ1v) is 4.60. The summed E-state index contributed by atoms with van der Waals surface area (Å²) in [6, 6.07) is 6.57. The van der Waals surface area contributed by atoms with Gasteiger partial charge < -0.3 is 0 Å². The van der Waals surface area contributed by atoms with E-state index in [2.05, 4.69) is 10.0 Å². The minimum absolute atomic E-state index is 0.190. The zero-order chi connectivity index (χ0) is 11.8. The van der Waals surface area contributed by atoms with E-state index >= 15 is 0 Å². The normalized spacial score (nSPS) is 9.75. The van der Waals surface area contributed by atoms with Crippen LogP contribution in [0.4, 0.5) is 4.39 Å². The summed E-state index contributed by atoms with van der Waals surface area (Å²) < 4.78 is 13.4. The van der Waals surface area contributed by atoms with Crippen molar-refractivity contribution >= 4 is 6.08 Å². The summed E-state index contributed by atoms with van der Waals surface area (Å²) in [5.41, 5.74) is 9.09. The molecule has 1 rings (SSSR count). The summed E-state index contributed by atoms with van der Waals surface area (Å²) in [5.74, 6) is -0.384. The van der Waals surface area contributed by atoms with E-state index in [0.29, 0.717) is 11.1 Å². The van der Waals surface area contributed by atoms with E-state index in [-0.39, 0.29) is 18.8 Å². The quantitative estimate of drug-likeness (QED) is 0.432. The van der Waals surface area contributed by atoms with Crippen molar-refractivity contribution in [1.29, 1.82) is 5.26 Å². The van der Waals surface area contributed by atoms with Crippen molar-refractivity contribution in [2.45, 2.75) is 6.42 Å². The van der Waals surface area contributed by atoms with Crippen LogP contribution in [0.5, 0.6) is 0 Å². The topological polar surface area (TPSA) is 72.5 Å². The molecule has 0 aliphatic heterocycles. The fraction of sp³-hybridized carbons (Fsp3) is 0.182. The van der Waals surface area contributed by atoms with Crippen LogP contribution in [-0.2, 0) is 6.42 Å². The molecule has 0 N–H and O–H groups in total. The second kappa shape index (κ2) is 6.23. The fourth-order valence-electron chi connectivity index (χ4n) is 1.17. The van der Waals surface area contributed by atoms with Gasteiger partial charge >= 0.3 is 0 Å². The zero-order valence-electron chi connectivity index (χ0n) is 8.47. The number of nitriles is 1. The molecule has 0 spiro atoms. The Kier molecular flexibility index (Phi) is 4.58. The number of nitrogens with zero attached hydrogens (tertiary/aromatic N) is 4. The van der Waals surface area contributed by atoms with Crippen LogP contribution in [0.3, 0.4) is 0 Å². The van der Waals surface area contributed by atoms with Crippen molar-refractivity contribution < 1.29 is 4.39 Å². The number of hydrogen-bond donors (Lipinski definition) is 0. The van der Waals surface area contributed by atoms with Gasteiger partial charge in [-0.3, -0.25) is 0 Å². The second-order valence-electron chi connectivity index (χ2n) is 3.01. The average molecular weight is 216 g/mol. The van der Waals surface area contributed by atoms with Crippen molar-refractivity contribution in [2.24, 2.45) is 5.11 Å². The van der Waals surface area contributed by atoms with Crippen molar-refractivity contribution in [3.05, 3.63) is 51.7 Å². The van der Waals surface area contributed by atoms with Crippen LogP contribution in [-0.4, -0.2) is 6.54 Å². The Balaban J connectivity index is 2.79. The maximum atomic E-state index is 13.4. The van der Waals surface area contributed by atoms with E-state index < -0.39 is 0 Å². The second-order valence-corrected chi connectivity index (χ2v) is 3.01. The van der Waals surface area contributed by atoms with Crippen LogP contribution in [0.2, 0.25) is 0 Å². The monoisotopic (exact) mass is 216 g/mol. The predicted octanol–water partition coefficient (Wildman–Crippen LogP) is 3.22. The molecule has 0 unspecified atom stereocenters. The van der Waals surface area contributed by atoms with Crippen molar-refractivity contribution in [3.63, 3.8) is 0 Å². The molecule has 0 aliphatic carbocycles. The molecular formula is C11H9FN4. The van der Waals surface area contributed by atoms with E-state index in [4.69, 9.17) is 10.8 Å². The van der Waals surface area contributed by atoms with Crippen LogP contribution < -0.4 is 0 Å². The molecule has 4 nitrogen and oxygen atoms in total. The molecule has 0 fully saturated rings. The summed E-state index contributed by atoms with van der Waals surface area (Å²) in [7, 11) is 0. The molecule has 0 saturated heterocycles. The molecule has 1 aromatic carbocycles. The van der Waals surface area contributed by atoms with Gasteiger partial charge in [-0.1, -0.05) is 29.4 Å². The van der Waals surface area contributed by atoms with Gasteiger partial charge in [-0.15, -0.1) is 0 Å². The molecule has 0 atom stereocenters. The van der Waals surface area contributed by atoms with Gasteiger partial charge in [0, 0.05) is 17.0 Å². The smallest absolute Gasteiger partial charge is 0.130 e. The van der Waals surface area contributed by atoms with Crippen molar-refractivity contribution in [3.8, 4) is 6.07 Å². The lowest BCUT2D eigenvalue weighted by atomic mass is 10.1. The van der Waals surface area contributed by atoms with Crippen LogP contribution in [0, 0.1) is 17.1 Å². The Bertz CT molecular complexity index is 481. The summed E-state index contributed by atoms with van der Waals surface area (Å²) in [5, 5.41) is 11.7. The Morgan fingerprint density at radius 2 is 2.38 bits per heavy atom. The lowest BCUT2D eigenvalue weighted by Gasteiger charge is -1.99. The van der Waals surface area contributed by atoms with Crippen LogP contribution in [0.1, 0.15) is 11.1 Å². The molecule has 0 radical (unpaired) electrons. The maximum absolute atomic E-state index is 13.4. The maximum Gasteiger partial charge on any atom is 0.130 e. The first kappa shape index (κ1) is 11.8. The highest BCUT2D eigenvalue weighted by molar-refractivity contribution is 5.51. The number of benzene rings is 1. The molecule has 5 heteroatoms. The molecule has 80 valence electrons. The number of halogens is 1. The molecule has 0 aliphatic rings. The third kappa shape index (κ3) is 3.45. The molecule has 0 aromatic heterocycles. The van der Waals surface area contributed by atoms with E-state index in [0.717, 1.165) is 0 Å². The molecule has 0 amide bonds. The van der Waals surface area contributed by atoms with E-state index in [1.54, 1.807) is 24.3 Å². The van der Waals surface area contributed by atoms with Gasteiger partial charge in [0.05, 0.1) is 12.5 Å². The lowest BCUT2D eigenvalue weighted by Crippen LogP contribution is -1.87. The van der Waals surface area contributed by atoms with Gasteiger partial charge in [0.25, 0.3) is 0 Å². The van der Waals surface area contributed by atoms with Gasteiger partial charge in [-0.05, 0) is 17.2 Å². The Morgan fingerprint density at radius 3 is 3.00 bits per heavy atom. The fourth-order valence-corrected chi connectivity index (χ4v) is 1.17. The Labute approximate surface area is 92.3 Å². The van der Waals surface area contributed by atoms with Gasteiger partial charge in [0.1, 0.15) is 5.82 Å². The standard InChI is InChI=1S/C11H9FN4/c12-11-8-9(5-6-13)3-4-10(11)2-1-7-15-16-14/h1-4,8H,5,7H2. The lowest BCUT2D eigenvalue weighted by molar-refractivity contribution is 0.623. The third-order valence-electron chi connectivity index (χ3n) is 1.90. The van der Waals surface area contributed by atoms with E-state index in [9.17, 15) is 4.39 Å². The SMILES string of the molecule is N#CCc1ccc(C=CCN=[N+]=[N-])c(F)c1. The molecular weight excluding hydrogens is 207 g/mol. The van der Waals surface area contributed by atoms with E-state index in [1.165, 1.54) is 6.07 Å². The van der Waals surface area contributed by atoms with Crippen LogP contribution in [0.15, 0.2) is 29.4 Å². The van der Waals surface area contributed by atoms with Crippen LogP contribution >= 0.6 is 0 Å². The van der Waals surface area contributed by atoms with Gasteiger partial charge in [-0.25, -0.2) is 4.39 Å². The minimum Gasteiger partial charge on any atom is -0.206 e. The molecule has 16 heavy (non-hydrogen) atoms. The van der Waals surface area contributed by atoms with Crippen LogP contribution in [0.25, 0.3) is 16.5 Å². The largest absolute Gasteiger partial charge is 0.206 e. The van der Waals surface area contributed by atoms with Gasteiger partial charge in [0.15, 0.2) is 0 Å². The number of azide groups is 1. The minimum atomic E-state index is -0.384.